The van der Waals surface area contributed by atoms with Gasteiger partial charge in [0.2, 0.25) is 10.0 Å². The average molecular weight is 372 g/mol. The lowest BCUT2D eigenvalue weighted by molar-refractivity contribution is 0.399. The van der Waals surface area contributed by atoms with Gasteiger partial charge in [0.05, 0.1) is 16.7 Å². The number of halogens is 1. The normalized spacial score (nSPS) is 20.9. The zero-order chi connectivity index (χ0) is 16.8. The fourth-order valence-corrected chi connectivity index (χ4v) is 6.77. The Morgan fingerprint density at radius 1 is 1.04 bits per heavy atom. The number of rotatable bonds is 3. The van der Waals surface area contributed by atoms with Gasteiger partial charge in [0.25, 0.3) is 10.0 Å². The van der Waals surface area contributed by atoms with Crippen molar-refractivity contribution in [1.29, 1.82) is 0 Å². The van der Waals surface area contributed by atoms with Crippen LogP contribution in [0, 0.1) is 6.92 Å². The van der Waals surface area contributed by atoms with Crippen molar-refractivity contribution in [2.24, 2.45) is 0 Å². The van der Waals surface area contributed by atoms with E-state index < -0.39 is 26.1 Å². The second-order valence-corrected chi connectivity index (χ2v) is 9.76. The lowest BCUT2D eigenvalue weighted by Gasteiger charge is -2.38. The molecule has 3 rings (SSSR count). The van der Waals surface area contributed by atoms with Crippen molar-refractivity contribution in [2.45, 2.75) is 17.9 Å². The highest BCUT2D eigenvalue weighted by Gasteiger charge is 2.52. The molecule has 122 valence electrons. The predicted molar refractivity (Wildman–Crippen MR) is 88.2 cm³/mol. The Kier molecular flexibility index (Phi) is 4.00. The Balaban J connectivity index is 2.04. The first-order valence-electron chi connectivity index (χ1n) is 6.81. The Labute approximate surface area is 140 Å². The van der Waals surface area contributed by atoms with Gasteiger partial charge in [-0.15, -0.1) is 0 Å². The summed E-state index contributed by atoms with van der Waals surface area (Å²) in [6.45, 7) is 1.83. The van der Waals surface area contributed by atoms with E-state index in [0.717, 1.165) is 5.56 Å². The van der Waals surface area contributed by atoms with Crippen LogP contribution in [0.15, 0.2) is 53.4 Å². The van der Waals surface area contributed by atoms with Crippen molar-refractivity contribution in [2.75, 3.05) is 5.75 Å². The van der Waals surface area contributed by atoms with Crippen molar-refractivity contribution in [3.63, 3.8) is 0 Å². The summed E-state index contributed by atoms with van der Waals surface area (Å²) in [7, 11) is -7.95. The molecule has 0 amide bonds. The summed E-state index contributed by atoms with van der Waals surface area (Å²) < 4.78 is 50.2. The highest BCUT2D eigenvalue weighted by atomic mass is 35.5. The minimum Gasteiger partial charge on any atom is -0.211 e. The van der Waals surface area contributed by atoms with Gasteiger partial charge in [0.15, 0.2) is 0 Å². The molecule has 2 aromatic rings. The van der Waals surface area contributed by atoms with Crippen molar-refractivity contribution in [1.82, 2.24) is 3.71 Å². The van der Waals surface area contributed by atoms with Gasteiger partial charge in [-0.3, -0.25) is 0 Å². The minimum absolute atomic E-state index is 0.0367. The molecule has 23 heavy (non-hydrogen) atoms. The lowest BCUT2D eigenvalue weighted by Crippen LogP contribution is -2.53. The molecule has 1 fully saturated rings. The first-order valence-corrected chi connectivity index (χ1v) is 10.2. The third-order valence-electron chi connectivity index (χ3n) is 3.71. The standard InChI is InChI=1S/C15H14ClNO4S2/c1-11-2-8-14(9-3-11)23(20,21)17-15(10-22(17,18)19)12-4-6-13(16)7-5-12/h2-9,15H,10H2,1H3. The maximum atomic E-state index is 12.7. The predicted octanol–water partition coefficient (Wildman–Crippen LogP) is 2.72. The summed E-state index contributed by atoms with van der Waals surface area (Å²) in [5.74, 6) is -0.236. The number of aryl methyl sites for hydroxylation is 1. The van der Waals surface area contributed by atoms with Crippen LogP contribution in [0.1, 0.15) is 17.2 Å². The van der Waals surface area contributed by atoms with Gasteiger partial charge in [0.1, 0.15) is 0 Å². The molecule has 0 saturated carbocycles. The number of nitrogens with zero attached hydrogens (tertiary/aromatic N) is 1. The summed E-state index contributed by atoms with van der Waals surface area (Å²) in [6, 6.07) is 11.9. The van der Waals surface area contributed by atoms with Crippen LogP contribution >= 0.6 is 11.6 Å². The van der Waals surface area contributed by atoms with E-state index in [-0.39, 0.29) is 10.6 Å². The maximum absolute atomic E-state index is 12.7. The Morgan fingerprint density at radius 2 is 1.61 bits per heavy atom. The second-order valence-electron chi connectivity index (χ2n) is 5.39. The largest absolute Gasteiger partial charge is 0.256 e. The fraction of sp³-hybridized carbons (Fsp3) is 0.200. The van der Waals surface area contributed by atoms with Crippen molar-refractivity contribution in [3.8, 4) is 0 Å². The summed E-state index contributed by atoms with van der Waals surface area (Å²) in [5, 5.41) is 0.504. The molecular weight excluding hydrogens is 358 g/mol. The molecule has 8 heteroatoms. The molecule has 0 N–H and O–H groups in total. The Hall–Kier alpha value is -1.41. The molecule has 0 aromatic heterocycles. The van der Waals surface area contributed by atoms with E-state index in [4.69, 9.17) is 11.6 Å². The number of hydrogen-bond donors (Lipinski definition) is 0. The Morgan fingerprint density at radius 3 is 2.13 bits per heavy atom. The van der Waals surface area contributed by atoms with Crippen LogP contribution in [0.2, 0.25) is 5.02 Å². The van der Waals surface area contributed by atoms with Gasteiger partial charge >= 0.3 is 0 Å². The lowest BCUT2D eigenvalue weighted by atomic mass is 10.1. The zero-order valence-electron chi connectivity index (χ0n) is 12.2. The fourth-order valence-electron chi connectivity index (χ4n) is 2.48. The van der Waals surface area contributed by atoms with Crippen LogP contribution in [-0.4, -0.2) is 26.3 Å². The van der Waals surface area contributed by atoms with Gasteiger partial charge in [-0.25, -0.2) is 16.8 Å². The smallest absolute Gasteiger partial charge is 0.211 e. The third kappa shape index (κ3) is 2.89. The van der Waals surface area contributed by atoms with Crippen LogP contribution in [0.5, 0.6) is 0 Å². The molecule has 0 radical (unpaired) electrons. The summed E-state index contributed by atoms with van der Waals surface area (Å²) in [6.07, 6.45) is 0. The van der Waals surface area contributed by atoms with Gasteiger partial charge < -0.3 is 0 Å². The monoisotopic (exact) mass is 371 g/mol. The average Bonchev–Trinajstić information content (AvgIpc) is 2.46. The van der Waals surface area contributed by atoms with E-state index in [0.29, 0.717) is 14.3 Å². The molecule has 2 aromatic carbocycles. The quantitative estimate of drug-likeness (QED) is 0.831. The number of sulfonamides is 2. The van der Waals surface area contributed by atoms with Crippen molar-refractivity contribution in [3.05, 3.63) is 64.7 Å². The van der Waals surface area contributed by atoms with E-state index in [1.54, 1.807) is 36.4 Å². The number of benzene rings is 2. The number of hydrogen-bond acceptors (Lipinski definition) is 4. The van der Waals surface area contributed by atoms with Crippen LogP contribution in [0.3, 0.4) is 0 Å². The van der Waals surface area contributed by atoms with Crippen LogP contribution in [0.25, 0.3) is 0 Å². The molecule has 1 aliphatic heterocycles. The molecule has 1 atom stereocenters. The zero-order valence-corrected chi connectivity index (χ0v) is 14.6. The molecule has 1 aliphatic rings. The van der Waals surface area contributed by atoms with Gasteiger partial charge in [-0.05, 0) is 36.8 Å². The van der Waals surface area contributed by atoms with E-state index in [1.165, 1.54) is 12.1 Å². The van der Waals surface area contributed by atoms with Crippen LogP contribution in [-0.2, 0) is 20.0 Å². The van der Waals surface area contributed by atoms with Crippen molar-refractivity contribution >= 4 is 31.6 Å². The van der Waals surface area contributed by atoms with E-state index in [2.05, 4.69) is 0 Å². The summed E-state index contributed by atoms with van der Waals surface area (Å²) in [5.41, 5.74) is 1.49. The summed E-state index contributed by atoms with van der Waals surface area (Å²) >= 11 is 5.82. The van der Waals surface area contributed by atoms with E-state index in [1.807, 2.05) is 6.92 Å². The van der Waals surface area contributed by atoms with Gasteiger partial charge in [-0.1, -0.05) is 45.1 Å². The Bertz CT molecular complexity index is 936. The maximum Gasteiger partial charge on any atom is 0.256 e. The molecular formula is C15H14ClNO4S2. The summed E-state index contributed by atoms with van der Waals surface area (Å²) in [4.78, 5) is -0.0367. The van der Waals surface area contributed by atoms with Crippen LogP contribution in [0.4, 0.5) is 0 Å². The third-order valence-corrected chi connectivity index (χ3v) is 8.37. The topological polar surface area (TPSA) is 71.5 Å². The van der Waals surface area contributed by atoms with Gasteiger partial charge in [0, 0.05) is 5.02 Å². The first-order chi connectivity index (χ1) is 10.7. The van der Waals surface area contributed by atoms with Crippen molar-refractivity contribution < 1.29 is 16.8 Å². The van der Waals surface area contributed by atoms with E-state index in [9.17, 15) is 16.8 Å². The van der Waals surface area contributed by atoms with Crippen LogP contribution < -0.4 is 0 Å². The molecule has 5 nitrogen and oxygen atoms in total. The second kappa shape index (κ2) is 5.59. The SMILES string of the molecule is Cc1ccc(S(=O)(=O)N2C(c3ccc(Cl)cc3)CS2(=O)=O)cc1. The molecule has 1 unspecified atom stereocenters. The molecule has 0 spiro atoms. The van der Waals surface area contributed by atoms with E-state index >= 15 is 0 Å². The highest BCUT2D eigenvalue weighted by molar-refractivity contribution is 8.05. The highest BCUT2D eigenvalue weighted by Crippen LogP contribution is 2.40. The minimum atomic E-state index is -4.12. The first kappa shape index (κ1) is 16.4. The molecule has 0 bridgehead atoms. The molecule has 1 saturated heterocycles. The molecule has 0 aliphatic carbocycles. The molecule has 1 heterocycles. The van der Waals surface area contributed by atoms with Gasteiger partial charge in [-0.2, -0.15) is 0 Å².